The molecule has 8 nitrogen and oxygen atoms in total. The molecule has 1 aliphatic heterocycles. The number of thiazole rings is 1. The Kier molecular flexibility index (Phi) is 5.16. The molecule has 4 rings (SSSR count). The van der Waals surface area contributed by atoms with E-state index >= 15 is 0 Å². The fourth-order valence-corrected chi connectivity index (χ4v) is 5.07. The van der Waals surface area contributed by atoms with Crippen LogP contribution >= 0.6 is 11.3 Å². The summed E-state index contributed by atoms with van der Waals surface area (Å²) in [4.78, 5) is 43.3. The van der Waals surface area contributed by atoms with Gasteiger partial charge in [0.1, 0.15) is 17.8 Å². The molecule has 1 saturated heterocycles. The Labute approximate surface area is 172 Å². The van der Waals surface area contributed by atoms with Gasteiger partial charge in [-0.05, 0) is 43.9 Å². The molecule has 154 valence electrons. The van der Waals surface area contributed by atoms with Crippen molar-refractivity contribution in [3.05, 3.63) is 18.2 Å². The monoisotopic (exact) mass is 416 g/mol. The average Bonchev–Trinajstić information content (AvgIpc) is 3.18. The smallest absolute Gasteiger partial charge is 0.325 e. The first kappa shape index (κ1) is 19.6. The maximum Gasteiger partial charge on any atom is 0.325 e. The summed E-state index contributed by atoms with van der Waals surface area (Å²) >= 11 is 1.32. The number of nitrogens with one attached hydrogen (secondary N) is 2. The molecule has 2 N–H and O–H groups in total. The number of hydrogen-bond acceptors (Lipinski definition) is 6. The molecular weight excluding hydrogens is 392 g/mol. The van der Waals surface area contributed by atoms with Gasteiger partial charge in [0, 0.05) is 0 Å². The third kappa shape index (κ3) is 3.55. The zero-order valence-corrected chi connectivity index (χ0v) is 17.3. The predicted octanol–water partition coefficient (Wildman–Crippen LogP) is 3.13. The number of hydrogen-bond donors (Lipinski definition) is 2. The van der Waals surface area contributed by atoms with Gasteiger partial charge >= 0.3 is 6.03 Å². The molecule has 0 bridgehead atoms. The molecule has 0 radical (unpaired) electrons. The SMILES string of the molecule is CCOc1ccc2nc(NC(=O)CN3C(=O)N[C@@]4(CCCC[C@H]4C)C3=O)sc2c1. The molecule has 1 aromatic carbocycles. The number of carbonyl (C=O) groups is 3. The van der Waals surface area contributed by atoms with Gasteiger partial charge in [-0.15, -0.1) is 0 Å². The minimum atomic E-state index is -0.860. The number of carbonyl (C=O) groups excluding carboxylic acids is 3. The van der Waals surface area contributed by atoms with Crippen molar-refractivity contribution in [2.45, 2.75) is 45.1 Å². The third-order valence-corrected chi connectivity index (χ3v) is 6.65. The van der Waals surface area contributed by atoms with Crippen LogP contribution in [0.1, 0.15) is 39.5 Å². The first-order valence-corrected chi connectivity index (χ1v) is 10.7. The number of urea groups is 1. The van der Waals surface area contributed by atoms with Crippen LogP contribution < -0.4 is 15.4 Å². The molecule has 29 heavy (non-hydrogen) atoms. The molecule has 2 aromatic rings. The van der Waals surface area contributed by atoms with E-state index in [1.54, 1.807) is 0 Å². The second-order valence-corrected chi connectivity index (χ2v) is 8.60. The second kappa shape index (κ2) is 7.62. The number of anilines is 1. The van der Waals surface area contributed by atoms with Crippen molar-refractivity contribution in [3.8, 4) is 5.75 Å². The topological polar surface area (TPSA) is 101 Å². The lowest BCUT2D eigenvalue weighted by atomic mass is 9.73. The fraction of sp³-hybridized carbons (Fsp3) is 0.500. The largest absolute Gasteiger partial charge is 0.494 e. The van der Waals surface area contributed by atoms with E-state index in [1.165, 1.54) is 11.3 Å². The van der Waals surface area contributed by atoms with Gasteiger partial charge in [0.05, 0.1) is 16.8 Å². The minimum absolute atomic E-state index is 0.0598. The van der Waals surface area contributed by atoms with Crippen LogP contribution in [0.15, 0.2) is 18.2 Å². The van der Waals surface area contributed by atoms with Crippen molar-refractivity contribution >= 4 is 44.5 Å². The molecule has 1 spiro atoms. The molecule has 0 unspecified atom stereocenters. The highest BCUT2D eigenvalue weighted by Gasteiger charge is 2.55. The molecule has 9 heteroatoms. The number of benzene rings is 1. The van der Waals surface area contributed by atoms with Gasteiger partial charge in [0.25, 0.3) is 5.91 Å². The normalized spacial score (nSPS) is 24.2. The van der Waals surface area contributed by atoms with E-state index in [0.29, 0.717) is 18.2 Å². The quantitative estimate of drug-likeness (QED) is 0.730. The Morgan fingerprint density at radius 2 is 2.24 bits per heavy atom. The second-order valence-electron chi connectivity index (χ2n) is 7.57. The first-order chi connectivity index (χ1) is 13.9. The van der Waals surface area contributed by atoms with Crippen LogP contribution in [-0.4, -0.2) is 46.4 Å². The van der Waals surface area contributed by atoms with Crippen molar-refractivity contribution in [1.29, 1.82) is 0 Å². The van der Waals surface area contributed by atoms with E-state index in [0.717, 1.165) is 40.1 Å². The zero-order valence-electron chi connectivity index (χ0n) is 16.5. The summed E-state index contributed by atoms with van der Waals surface area (Å²) in [6.07, 6.45) is 3.46. The molecule has 2 atom stereocenters. The van der Waals surface area contributed by atoms with E-state index in [2.05, 4.69) is 15.6 Å². The highest BCUT2D eigenvalue weighted by Crippen LogP contribution is 2.38. The highest BCUT2D eigenvalue weighted by atomic mass is 32.1. The highest BCUT2D eigenvalue weighted by molar-refractivity contribution is 7.22. The molecule has 2 fully saturated rings. The Morgan fingerprint density at radius 1 is 1.41 bits per heavy atom. The molecule has 2 heterocycles. The Bertz CT molecular complexity index is 975. The molecule has 1 aromatic heterocycles. The lowest BCUT2D eigenvalue weighted by Crippen LogP contribution is -2.54. The van der Waals surface area contributed by atoms with Crippen molar-refractivity contribution in [3.63, 3.8) is 0 Å². The van der Waals surface area contributed by atoms with Crippen molar-refractivity contribution < 1.29 is 19.1 Å². The maximum atomic E-state index is 13.0. The summed E-state index contributed by atoms with van der Waals surface area (Å²) in [5, 5.41) is 5.99. The van der Waals surface area contributed by atoms with Gasteiger partial charge in [-0.3, -0.25) is 14.5 Å². The number of amides is 4. The van der Waals surface area contributed by atoms with Gasteiger partial charge in [-0.1, -0.05) is 31.1 Å². The van der Waals surface area contributed by atoms with Gasteiger partial charge in [0.2, 0.25) is 5.91 Å². The van der Waals surface area contributed by atoms with Crippen LogP contribution in [0.2, 0.25) is 0 Å². The summed E-state index contributed by atoms with van der Waals surface area (Å²) in [7, 11) is 0. The molecule has 2 aliphatic rings. The number of nitrogens with zero attached hydrogens (tertiary/aromatic N) is 2. The van der Waals surface area contributed by atoms with E-state index in [-0.39, 0.29) is 18.4 Å². The summed E-state index contributed by atoms with van der Waals surface area (Å²) < 4.78 is 6.37. The average molecular weight is 417 g/mol. The van der Waals surface area contributed by atoms with E-state index in [9.17, 15) is 14.4 Å². The number of ether oxygens (including phenoxy) is 1. The van der Waals surface area contributed by atoms with Crippen molar-refractivity contribution in [2.24, 2.45) is 5.92 Å². The lowest BCUT2D eigenvalue weighted by Gasteiger charge is -2.36. The zero-order chi connectivity index (χ0) is 20.6. The van der Waals surface area contributed by atoms with E-state index in [1.807, 2.05) is 32.0 Å². The number of imide groups is 1. The summed E-state index contributed by atoms with van der Waals surface area (Å²) in [6.45, 7) is 4.15. The Hall–Kier alpha value is -2.68. The summed E-state index contributed by atoms with van der Waals surface area (Å²) in [5.74, 6) is 0.0610. The number of fused-ring (bicyclic) bond motifs is 1. The van der Waals surface area contributed by atoms with Crippen molar-refractivity contribution in [2.75, 3.05) is 18.5 Å². The van der Waals surface area contributed by atoms with Crippen LogP contribution in [-0.2, 0) is 9.59 Å². The Balaban J connectivity index is 1.45. The van der Waals surface area contributed by atoms with Crippen LogP contribution in [0.4, 0.5) is 9.93 Å². The third-order valence-electron chi connectivity index (χ3n) is 5.72. The number of rotatable bonds is 5. The molecule has 1 aliphatic carbocycles. The van der Waals surface area contributed by atoms with Gasteiger partial charge in [0.15, 0.2) is 5.13 Å². The summed E-state index contributed by atoms with van der Waals surface area (Å²) in [5.41, 5.74) is -0.111. The first-order valence-electron chi connectivity index (χ1n) is 9.90. The maximum absolute atomic E-state index is 13.0. The van der Waals surface area contributed by atoms with Crippen LogP contribution in [0.3, 0.4) is 0 Å². The lowest BCUT2D eigenvalue weighted by molar-refractivity contribution is -0.136. The number of aromatic nitrogens is 1. The molecule has 4 amide bonds. The minimum Gasteiger partial charge on any atom is -0.494 e. The van der Waals surface area contributed by atoms with Crippen LogP contribution in [0.5, 0.6) is 5.75 Å². The van der Waals surface area contributed by atoms with Crippen molar-refractivity contribution in [1.82, 2.24) is 15.2 Å². The fourth-order valence-electron chi connectivity index (χ4n) is 4.16. The van der Waals surface area contributed by atoms with E-state index in [4.69, 9.17) is 4.74 Å². The molecular formula is C20H24N4O4S. The van der Waals surface area contributed by atoms with Crippen LogP contribution in [0.25, 0.3) is 10.2 Å². The van der Waals surface area contributed by atoms with E-state index < -0.39 is 17.5 Å². The summed E-state index contributed by atoms with van der Waals surface area (Å²) in [6, 6.07) is 5.04. The molecule has 1 saturated carbocycles. The van der Waals surface area contributed by atoms with Crippen LogP contribution in [0, 0.1) is 5.92 Å². The van der Waals surface area contributed by atoms with Gasteiger partial charge in [-0.25, -0.2) is 9.78 Å². The van der Waals surface area contributed by atoms with Gasteiger partial charge < -0.3 is 15.4 Å². The standard InChI is InChI=1S/C20H24N4O4S/c1-3-28-13-7-8-14-15(10-13)29-18(21-14)22-16(25)11-24-17(26)20(23-19(24)27)9-5-4-6-12(20)2/h7-8,10,12H,3-6,9,11H2,1-2H3,(H,23,27)(H,21,22,25)/t12-,20-/m1/s1. The Morgan fingerprint density at radius 3 is 3.00 bits per heavy atom. The van der Waals surface area contributed by atoms with Gasteiger partial charge in [-0.2, -0.15) is 0 Å². The predicted molar refractivity (Wildman–Crippen MR) is 110 cm³/mol.